The number of benzene rings is 2. The van der Waals surface area contributed by atoms with Crippen LogP contribution < -0.4 is 0 Å². The molecule has 2 aromatic rings. The van der Waals surface area contributed by atoms with Crippen LogP contribution in [-0.2, 0) is 10.0 Å². The predicted molar refractivity (Wildman–Crippen MR) is 75.7 cm³/mol. The standard InChI is InChI=1S/C13H7Cl2NO2S/c1-16-19(17,18)11-8-7-10(14)13(15)12(11)9-5-3-2-4-6-9/h2-8H. The average Bonchev–Trinajstić information content (AvgIpc) is 2.42. The monoisotopic (exact) mass is 311 g/mol. The molecule has 2 aromatic carbocycles. The van der Waals surface area contributed by atoms with Crippen LogP contribution in [0.2, 0.25) is 10.0 Å². The van der Waals surface area contributed by atoms with E-state index in [2.05, 4.69) is 4.25 Å². The molecule has 0 N–H and O–H groups in total. The van der Waals surface area contributed by atoms with Gasteiger partial charge in [-0.1, -0.05) is 53.5 Å². The zero-order valence-corrected chi connectivity index (χ0v) is 11.8. The minimum Gasteiger partial charge on any atom is -0.206 e. The summed E-state index contributed by atoms with van der Waals surface area (Å²) >= 11 is 12.0. The van der Waals surface area contributed by atoms with Crippen molar-refractivity contribution < 1.29 is 8.42 Å². The lowest BCUT2D eigenvalue weighted by molar-refractivity contribution is 0.604. The van der Waals surface area contributed by atoms with Crippen LogP contribution in [0, 0.1) is 6.57 Å². The summed E-state index contributed by atoms with van der Waals surface area (Å²) in [5.41, 5.74) is 0.850. The largest absolute Gasteiger partial charge is 0.469 e. The first-order valence-electron chi connectivity index (χ1n) is 5.14. The molecule has 96 valence electrons. The smallest absolute Gasteiger partial charge is 0.206 e. The second kappa shape index (κ2) is 5.22. The molecule has 0 aliphatic heterocycles. The number of hydrogen-bond donors (Lipinski definition) is 0. The molecule has 19 heavy (non-hydrogen) atoms. The van der Waals surface area contributed by atoms with Crippen LogP contribution in [0.15, 0.2) is 47.4 Å². The Labute approximate surface area is 121 Å². The van der Waals surface area contributed by atoms with E-state index in [0.717, 1.165) is 0 Å². The summed E-state index contributed by atoms with van der Waals surface area (Å²) in [5, 5.41) is 0.363. The molecule has 0 heterocycles. The third-order valence-corrected chi connectivity index (χ3v) is 4.46. The van der Waals surface area contributed by atoms with Crippen LogP contribution in [0.5, 0.6) is 0 Å². The second-order valence-electron chi connectivity index (χ2n) is 3.67. The number of nitrogens with zero attached hydrogens (tertiary/aromatic N) is 1. The number of rotatable bonds is 2. The first-order valence-corrected chi connectivity index (χ1v) is 7.34. The summed E-state index contributed by atoms with van der Waals surface area (Å²) in [6.45, 7) is 6.79. The maximum Gasteiger partial charge on any atom is 0.469 e. The Bertz CT molecular complexity index is 765. The Kier molecular flexibility index (Phi) is 3.81. The van der Waals surface area contributed by atoms with Gasteiger partial charge in [0.05, 0.1) is 10.0 Å². The summed E-state index contributed by atoms with van der Waals surface area (Å²) < 4.78 is 26.3. The van der Waals surface area contributed by atoms with Crippen molar-refractivity contribution in [3.05, 3.63) is 63.3 Å². The summed E-state index contributed by atoms with van der Waals surface area (Å²) in [7, 11) is -4.07. The molecule has 0 unspecified atom stereocenters. The van der Waals surface area contributed by atoms with Gasteiger partial charge in [-0.3, -0.25) is 0 Å². The van der Waals surface area contributed by atoms with E-state index in [0.29, 0.717) is 5.56 Å². The summed E-state index contributed by atoms with van der Waals surface area (Å²) in [6.07, 6.45) is 0. The summed E-state index contributed by atoms with van der Waals surface area (Å²) in [4.78, 5) is -0.136. The molecular formula is C13H7Cl2NO2S. The maximum absolute atomic E-state index is 11.8. The second-order valence-corrected chi connectivity index (χ2v) is 6.02. The zero-order valence-electron chi connectivity index (χ0n) is 9.47. The van der Waals surface area contributed by atoms with Crippen molar-refractivity contribution in [3.8, 4) is 11.1 Å². The van der Waals surface area contributed by atoms with E-state index in [9.17, 15) is 8.42 Å². The van der Waals surface area contributed by atoms with Gasteiger partial charge < -0.3 is 0 Å². The molecule has 2 rings (SSSR count). The Balaban J connectivity index is 2.86. The van der Waals surface area contributed by atoms with E-state index in [1.54, 1.807) is 30.3 Å². The molecule has 0 radical (unpaired) electrons. The highest BCUT2D eigenvalue weighted by Gasteiger charge is 2.26. The van der Waals surface area contributed by atoms with Gasteiger partial charge in [0.1, 0.15) is 0 Å². The molecule has 3 nitrogen and oxygen atoms in total. The predicted octanol–water partition coefficient (Wildman–Crippen LogP) is 4.27. The molecule has 0 fully saturated rings. The minimum atomic E-state index is -4.07. The van der Waals surface area contributed by atoms with Gasteiger partial charge in [-0.2, -0.15) is 4.25 Å². The van der Waals surface area contributed by atoms with Gasteiger partial charge in [0.15, 0.2) is 4.90 Å². The highest BCUT2D eigenvalue weighted by atomic mass is 35.5. The first kappa shape index (κ1) is 13.9. The van der Waals surface area contributed by atoms with Gasteiger partial charge in [0.25, 0.3) is 0 Å². The molecule has 0 amide bonds. The van der Waals surface area contributed by atoms with Crippen molar-refractivity contribution in [2.45, 2.75) is 4.90 Å². The quantitative estimate of drug-likeness (QED) is 0.777. The SMILES string of the molecule is [C-]#[N+]S(=O)(=O)c1ccc(Cl)c(Cl)c1-c1ccccc1. The lowest BCUT2D eigenvalue weighted by atomic mass is 10.1. The van der Waals surface area contributed by atoms with Crippen molar-refractivity contribution >= 4 is 33.2 Å². The molecule has 0 aliphatic carbocycles. The molecular weight excluding hydrogens is 305 g/mol. The van der Waals surface area contributed by atoms with E-state index >= 15 is 0 Å². The Morgan fingerprint density at radius 3 is 2.21 bits per heavy atom. The molecule has 0 aliphatic rings. The normalized spacial score (nSPS) is 11.0. The van der Waals surface area contributed by atoms with Gasteiger partial charge in [-0.15, -0.1) is 8.42 Å². The van der Waals surface area contributed by atoms with Gasteiger partial charge >= 0.3 is 10.0 Å². The summed E-state index contributed by atoms with van der Waals surface area (Å²) in [6, 6.07) is 11.4. The Morgan fingerprint density at radius 1 is 1.00 bits per heavy atom. The first-order chi connectivity index (χ1) is 8.97. The van der Waals surface area contributed by atoms with Crippen LogP contribution in [0.4, 0.5) is 0 Å². The zero-order chi connectivity index (χ0) is 14.0. The molecule has 0 bridgehead atoms. The third kappa shape index (κ3) is 2.59. The van der Waals surface area contributed by atoms with Crippen LogP contribution in [0.1, 0.15) is 0 Å². The van der Waals surface area contributed by atoms with E-state index in [4.69, 9.17) is 29.8 Å². The van der Waals surface area contributed by atoms with Crippen molar-refractivity contribution in [3.63, 3.8) is 0 Å². The molecule has 0 spiro atoms. The Morgan fingerprint density at radius 2 is 1.63 bits per heavy atom. The average molecular weight is 312 g/mol. The molecule has 0 atom stereocenters. The highest BCUT2D eigenvalue weighted by Crippen LogP contribution is 2.39. The maximum atomic E-state index is 11.8. The lowest BCUT2D eigenvalue weighted by Crippen LogP contribution is -1.98. The van der Waals surface area contributed by atoms with Crippen LogP contribution in [-0.4, -0.2) is 8.42 Å². The van der Waals surface area contributed by atoms with Gasteiger partial charge in [-0.25, -0.2) is 6.57 Å². The van der Waals surface area contributed by atoms with Crippen LogP contribution >= 0.6 is 23.2 Å². The molecule has 0 saturated carbocycles. The number of hydrogen-bond acceptors (Lipinski definition) is 2. The number of sulfonamides is 1. The third-order valence-electron chi connectivity index (χ3n) is 2.52. The van der Waals surface area contributed by atoms with Gasteiger partial charge in [-0.05, 0) is 17.7 Å². The molecule has 0 saturated heterocycles. The molecule has 0 aromatic heterocycles. The van der Waals surface area contributed by atoms with Gasteiger partial charge in [0, 0.05) is 5.56 Å². The fraction of sp³-hybridized carbons (Fsp3) is 0. The Hall–Kier alpha value is -1.54. The van der Waals surface area contributed by atoms with Crippen LogP contribution in [0.25, 0.3) is 15.4 Å². The van der Waals surface area contributed by atoms with Crippen molar-refractivity contribution in [2.75, 3.05) is 0 Å². The lowest BCUT2D eigenvalue weighted by Gasteiger charge is -2.08. The minimum absolute atomic E-state index is 0.123. The van der Waals surface area contributed by atoms with Crippen molar-refractivity contribution in [1.82, 2.24) is 0 Å². The van der Waals surface area contributed by atoms with Crippen LogP contribution in [0.3, 0.4) is 0 Å². The summed E-state index contributed by atoms with van der Waals surface area (Å²) in [5.74, 6) is 0. The van der Waals surface area contributed by atoms with E-state index < -0.39 is 10.0 Å². The van der Waals surface area contributed by atoms with E-state index in [1.165, 1.54) is 12.1 Å². The topological polar surface area (TPSA) is 38.5 Å². The fourth-order valence-corrected chi connectivity index (χ4v) is 2.97. The number of halogens is 2. The van der Waals surface area contributed by atoms with Gasteiger partial charge in [0.2, 0.25) is 0 Å². The molecule has 6 heteroatoms. The highest BCUT2D eigenvalue weighted by molar-refractivity contribution is 7.93. The van der Waals surface area contributed by atoms with Crippen molar-refractivity contribution in [1.29, 1.82) is 0 Å². The van der Waals surface area contributed by atoms with Crippen molar-refractivity contribution in [2.24, 2.45) is 0 Å². The van der Waals surface area contributed by atoms with E-state index in [1.807, 2.05) is 0 Å². The van der Waals surface area contributed by atoms with E-state index in [-0.39, 0.29) is 20.5 Å². The fourth-order valence-electron chi connectivity index (χ4n) is 1.67.